The maximum absolute atomic E-state index is 12.7. The van der Waals surface area contributed by atoms with Gasteiger partial charge in [0.1, 0.15) is 5.75 Å². The van der Waals surface area contributed by atoms with Crippen molar-refractivity contribution in [2.75, 3.05) is 18.9 Å². The highest BCUT2D eigenvalue weighted by molar-refractivity contribution is 7.92. The molecule has 0 unspecified atom stereocenters. The predicted octanol–water partition coefficient (Wildman–Crippen LogP) is 3.15. The Morgan fingerprint density at radius 3 is 2.15 bits per heavy atom. The van der Waals surface area contributed by atoms with Gasteiger partial charge in [0.15, 0.2) is 0 Å². The van der Waals surface area contributed by atoms with Crippen LogP contribution in [0.25, 0.3) is 0 Å². The molecular weight excluding hydrogens is 352 g/mol. The molecule has 0 bridgehead atoms. The minimum Gasteiger partial charge on any atom is -0.497 e. The van der Waals surface area contributed by atoms with Crippen molar-refractivity contribution in [1.82, 2.24) is 5.32 Å². The molecule has 26 heavy (non-hydrogen) atoms. The normalized spacial score (nSPS) is 11.7. The number of methoxy groups -OCH3 is 1. The molecule has 1 amide bonds. The van der Waals surface area contributed by atoms with Gasteiger partial charge < -0.3 is 10.1 Å². The van der Waals surface area contributed by atoms with Crippen molar-refractivity contribution < 1.29 is 17.9 Å². The second-order valence-corrected chi connectivity index (χ2v) is 8.55. The molecule has 0 atom stereocenters. The van der Waals surface area contributed by atoms with Crippen molar-refractivity contribution in [3.05, 3.63) is 53.6 Å². The maximum Gasteiger partial charge on any atom is 0.261 e. The van der Waals surface area contributed by atoms with Gasteiger partial charge in [-0.05, 0) is 41.3 Å². The zero-order valence-electron chi connectivity index (χ0n) is 15.6. The van der Waals surface area contributed by atoms with E-state index in [9.17, 15) is 13.2 Å². The van der Waals surface area contributed by atoms with Gasteiger partial charge in [-0.3, -0.25) is 9.52 Å². The molecule has 0 spiro atoms. The lowest BCUT2D eigenvalue weighted by Crippen LogP contribution is -2.22. The lowest BCUT2D eigenvalue weighted by molar-refractivity contribution is 0.0963. The van der Waals surface area contributed by atoms with Crippen LogP contribution >= 0.6 is 0 Å². The number of rotatable bonds is 5. The third-order valence-electron chi connectivity index (χ3n) is 3.97. The molecule has 0 heterocycles. The highest BCUT2D eigenvalue weighted by Gasteiger charge is 2.20. The first-order valence-electron chi connectivity index (χ1n) is 8.12. The van der Waals surface area contributed by atoms with Crippen molar-refractivity contribution >= 4 is 21.6 Å². The van der Waals surface area contributed by atoms with E-state index in [1.807, 2.05) is 0 Å². The van der Waals surface area contributed by atoms with Crippen LogP contribution in [0.4, 0.5) is 5.69 Å². The second kappa shape index (κ2) is 7.37. The minimum atomic E-state index is -3.83. The summed E-state index contributed by atoms with van der Waals surface area (Å²) in [6.07, 6.45) is 0. The molecule has 140 valence electrons. The molecule has 2 aromatic rings. The number of carbonyl (C=O) groups is 1. The van der Waals surface area contributed by atoms with Gasteiger partial charge >= 0.3 is 0 Å². The molecule has 0 aromatic heterocycles. The van der Waals surface area contributed by atoms with E-state index < -0.39 is 15.9 Å². The van der Waals surface area contributed by atoms with Gasteiger partial charge in [0.25, 0.3) is 15.9 Å². The quantitative estimate of drug-likeness (QED) is 0.839. The third-order valence-corrected chi connectivity index (χ3v) is 5.35. The molecule has 0 saturated carbocycles. The number of hydrogen-bond donors (Lipinski definition) is 2. The first-order valence-corrected chi connectivity index (χ1v) is 9.60. The summed E-state index contributed by atoms with van der Waals surface area (Å²) in [5.74, 6) is 0.0470. The summed E-state index contributed by atoms with van der Waals surface area (Å²) in [7, 11) is -0.877. The van der Waals surface area contributed by atoms with Crippen LogP contribution in [0.2, 0.25) is 0 Å². The van der Waals surface area contributed by atoms with Crippen LogP contribution in [0.1, 0.15) is 36.7 Å². The van der Waals surface area contributed by atoms with Crippen molar-refractivity contribution in [3.63, 3.8) is 0 Å². The van der Waals surface area contributed by atoms with Crippen LogP contribution < -0.4 is 14.8 Å². The standard InChI is InChI=1S/C19H24N2O4S/c1-19(2,3)13-6-9-15(10-7-13)26(23,24)21-17-11-8-14(25-5)12-16(17)18(22)20-4/h6-12,21H,1-5H3,(H,20,22). The van der Waals surface area contributed by atoms with Crippen LogP contribution in [0, 0.1) is 0 Å². The number of carbonyl (C=O) groups excluding carboxylic acids is 1. The van der Waals surface area contributed by atoms with E-state index >= 15 is 0 Å². The molecule has 2 rings (SSSR count). The second-order valence-electron chi connectivity index (χ2n) is 6.87. The van der Waals surface area contributed by atoms with E-state index in [0.717, 1.165) is 5.56 Å². The lowest BCUT2D eigenvalue weighted by Gasteiger charge is -2.19. The molecule has 0 saturated heterocycles. The summed E-state index contributed by atoms with van der Waals surface area (Å²) in [6.45, 7) is 6.17. The smallest absolute Gasteiger partial charge is 0.261 e. The number of sulfonamides is 1. The number of anilines is 1. The Morgan fingerprint density at radius 2 is 1.65 bits per heavy atom. The fourth-order valence-corrected chi connectivity index (χ4v) is 3.48. The molecule has 0 aliphatic carbocycles. The summed E-state index contributed by atoms with van der Waals surface area (Å²) >= 11 is 0. The Morgan fingerprint density at radius 1 is 1.04 bits per heavy atom. The van der Waals surface area contributed by atoms with Crippen molar-refractivity contribution in [1.29, 1.82) is 0 Å². The van der Waals surface area contributed by atoms with E-state index in [-0.39, 0.29) is 21.6 Å². The number of ether oxygens (including phenoxy) is 1. The van der Waals surface area contributed by atoms with Gasteiger partial charge in [-0.2, -0.15) is 0 Å². The van der Waals surface area contributed by atoms with Gasteiger partial charge in [0, 0.05) is 7.05 Å². The van der Waals surface area contributed by atoms with E-state index in [2.05, 4.69) is 30.8 Å². The average Bonchev–Trinajstić information content (AvgIpc) is 2.60. The van der Waals surface area contributed by atoms with Crippen LogP contribution in [-0.2, 0) is 15.4 Å². The van der Waals surface area contributed by atoms with Gasteiger partial charge in [0.05, 0.1) is 23.3 Å². The van der Waals surface area contributed by atoms with Crippen molar-refractivity contribution in [3.8, 4) is 5.75 Å². The lowest BCUT2D eigenvalue weighted by atomic mass is 9.87. The molecule has 0 aliphatic heterocycles. The van der Waals surface area contributed by atoms with Crippen LogP contribution in [0.3, 0.4) is 0 Å². The maximum atomic E-state index is 12.7. The number of benzene rings is 2. The van der Waals surface area contributed by atoms with Crippen LogP contribution in [0.15, 0.2) is 47.4 Å². The third kappa shape index (κ3) is 4.35. The summed E-state index contributed by atoms with van der Waals surface area (Å²) in [5, 5.41) is 2.49. The van der Waals surface area contributed by atoms with E-state index in [1.54, 1.807) is 30.3 Å². The Labute approximate surface area is 154 Å². The van der Waals surface area contributed by atoms with Crippen molar-refractivity contribution in [2.45, 2.75) is 31.1 Å². The fourth-order valence-electron chi connectivity index (χ4n) is 2.40. The topological polar surface area (TPSA) is 84.5 Å². The molecular formula is C19H24N2O4S. The largest absolute Gasteiger partial charge is 0.497 e. The minimum absolute atomic E-state index is 0.0713. The first-order chi connectivity index (χ1) is 12.1. The molecule has 2 aromatic carbocycles. The van der Waals surface area contributed by atoms with Gasteiger partial charge in [-0.15, -0.1) is 0 Å². The molecule has 0 radical (unpaired) electrons. The number of hydrogen-bond acceptors (Lipinski definition) is 4. The first kappa shape index (κ1) is 19.8. The van der Waals surface area contributed by atoms with Gasteiger partial charge in [-0.1, -0.05) is 32.9 Å². The Bertz CT molecular complexity index is 898. The summed E-state index contributed by atoms with van der Waals surface area (Å²) in [5.41, 5.74) is 1.33. The summed E-state index contributed by atoms with van der Waals surface area (Å²) < 4.78 is 33.0. The van der Waals surface area contributed by atoms with Gasteiger partial charge in [0.2, 0.25) is 0 Å². The highest BCUT2D eigenvalue weighted by Crippen LogP contribution is 2.27. The van der Waals surface area contributed by atoms with E-state index in [0.29, 0.717) is 5.75 Å². The monoisotopic (exact) mass is 376 g/mol. The number of nitrogens with one attached hydrogen (secondary N) is 2. The Kier molecular flexibility index (Phi) is 5.61. The van der Waals surface area contributed by atoms with Crippen molar-refractivity contribution in [2.24, 2.45) is 0 Å². The zero-order valence-corrected chi connectivity index (χ0v) is 16.4. The van der Waals surface area contributed by atoms with Crippen LogP contribution in [-0.4, -0.2) is 28.5 Å². The summed E-state index contributed by atoms with van der Waals surface area (Å²) in [4.78, 5) is 12.2. The molecule has 2 N–H and O–H groups in total. The number of amides is 1. The Balaban J connectivity index is 2.39. The molecule has 7 heteroatoms. The zero-order chi connectivity index (χ0) is 19.5. The molecule has 6 nitrogen and oxygen atoms in total. The highest BCUT2D eigenvalue weighted by atomic mass is 32.2. The molecule has 0 fully saturated rings. The predicted molar refractivity (Wildman–Crippen MR) is 102 cm³/mol. The fraction of sp³-hybridized carbons (Fsp3) is 0.316. The van der Waals surface area contributed by atoms with E-state index in [1.165, 1.54) is 26.3 Å². The molecule has 0 aliphatic rings. The average molecular weight is 376 g/mol. The Hall–Kier alpha value is -2.54. The SMILES string of the molecule is CNC(=O)c1cc(OC)ccc1NS(=O)(=O)c1ccc(C(C)(C)C)cc1. The van der Waals surface area contributed by atoms with Crippen LogP contribution in [0.5, 0.6) is 5.75 Å². The van der Waals surface area contributed by atoms with E-state index in [4.69, 9.17) is 4.74 Å². The summed E-state index contributed by atoms with van der Waals surface area (Å²) in [6, 6.07) is 11.3. The van der Waals surface area contributed by atoms with Gasteiger partial charge in [-0.25, -0.2) is 8.42 Å².